The summed E-state index contributed by atoms with van der Waals surface area (Å²) in [4.78, 5) is 0. The summed E-state index contributed by atoms with van der Waals surface area (Å²) in [6.07, 6.45) is 26.0. The Bertz CT molecular complexity index is 732. The number of benzene rings is 2. The number of hydrogen-bond acceptors (Lipinski definition) is 0. The van der Waals surface area contributed by atoms with E-state index in [0.29, 0.717) is 0 Å². The van der Waals surface area contributed by atoms with Gasteiger partial charge in [0.05, 0.1) is 0 Å². The maximum Gasteiger partial charge on any atom is -0.00134 e. The van der Waals surface area contributed by atoms with Crippen LogP contribution in [0, 0.1) is 0 Å². The molecule has 0 amide bonds. The molecule has 0 heteroatoms. The molecule has 33 heavy (non-hydrogen) atoms. The first-order chi connectivity index (χ1) is 16.3. The summed E-state index contributed by atoms with van der Waals surface area (Å²) < 4.78 is 0. The van der Waals surface area contributed by atoms with Crippen molar-refractivity contribution in [2.75, 3.05) is 0 Å². The van der Waals surface area contributed by atoms with E-state index in [9.17, 15) is 0 Å². The molecule has 0 saturated carbocycles. The van der Waals surface area contributed by atoms with E-state index in [-0.39, 0.29) is 0 Å². The first-order valence-electron chi connectivity index (χ1n) is 14.6. The number of fused-ring (bicyclic) bond motifs is 3. The minimum Gasteiger partial charge on any atom is -0.0654 e. The lowest BCUT2D eigenvalue weighted by molar-refractivity contribution is 0.575. The van der Waals surface area contributed by atoms with Crippen LogP contribution in [0.15, 0.2) is 36.4 Å². The molecule has 0 spiro atoms. The summed E-state index contributed by atoms with van der Waals surface area (Å²) in [5.74, 6) is 0. The largest absolute Gasteiger partial charge is 0.0654 e. The Hall–Kier alpha value is -1.56. The monoisotopic (exact) mass is 446 g/mol. The van der Waals surface area contributed by atoms with E-state index in [1.807, 2.05) is 0 Å². The second kappa shape index (κ2) is 15.4. The summed E-state index contributed by atoms with van der Waals surface area (Å²) >= 11 is 0. The third-order valence-corrected chi connectivity index (χ3v) is 7.66. The van der Waals surface area contributed by atoms with Gasteiger partial charge in [-0.05, 0) is 65.5 Å². The van der Waals surface area contributed by atoms with Gasteiger partial charge in [0, 0.05) is 0 Å². The summed E-state index contributed by atoms with van der Waals surface area (Å²) in [6, 6.07) is 14.6. The molecule has 0 radical (unpaired) electrons. The molecule has 0 fully saturated rings. The van der Waals surface area contributed by atoms with Crippen LogP contribution in [-0.2, 0) is 19.3 Å². The van der Waals surface area contributed by atoms with E-state index in [1.165, 1.54) is 138 Å². The lowest BCUT2D eigenvalue weighted by atomic mass is 9.97. The molecule has 0 saturated heterocycles. The standard InChI is InChI=1S/C33H50/c1-3-5-7-9-11-13-15-17-19-28-21-23-30-27-31-24-22-29(26-33(31)32(30)25-28)20-18-16-14-12-10-8-6-4-2/h21-26H,3-20,27H2,1-2H3. The Kier molecular flexibility index (Phi) is 12.1. The highest BCUT2D eigenvalue weighted by atomic mass is 14.2. The van der Waals surface area contributed by atoms with Crippen LogP contribution in [0.25, 0.3) is 11.1 Å². The fraction of sp³-hybridized carbons (Fsp3) is 0.636. The predicted molar refractivity (Wildman–Crippen MR) is 147 cm³/mol. The van der Waals surface area contributed by atoms with Gasteiger partial charge in [0.1, 0.15) is 0 Å². The summed E-state index contributed by atoms with van der Waals surface area (Å²) in [5, 5.41) is 0. The molecule has 2 aromatic carbocycles. The second-order valence-electron chi connectivity index (χ2n) is 10.6. The summed E-state index contributed by atoms with van der Waals surface area (Å²) in [7, 11) is 0. The Morgan fingerprint density at radius 3 is 1.21 bits per heavy atom. The third-order valence-electron chi connectivity index (χ3n) is 7.66. The number of hydrogen-bond donors (Lipinski definition) is 0. The van der Waals surface area contributed by atoms with Crippen LogP contribution in [0.1, 0.15) is 139 Å². The van der Waals surface area contributed by atoms with Crippen molar-refractivity contribution in [3.05, 3.63) is 58.7 Å². The normalized spacial score (nSPS) is 12.2. The molecule has 0 aliphatic heterocycles. The maximum absolute atomic E-state index is 2.52. The summed E-state index contributed by atoms with van der Waals surface area (Å²) in [6.45, 7) is 4.60. The number of unbranched alkanes of at least 4 members (excludes halogenated alkanes) is 14. The van der Waals surface area contributed by atoms with E-state index < -0.39 is 0 Å². The zero-order valence-electron chi connectivity index (χ0n) is 21.9. The van der Waals surface area contributed by atoms with Gasteiger partial charge in [0.2, 0.25) is 0 Å². The molecule has 0 bridgehead atoms. The number of aryl methyl sites for hydroxylation is 2. The van der Waals surface area contributed by atoms with Crippen LogP contribution in [0.4, 0.5) is 0 Å². The van der Waals surface area contributed by atoms with E-state index in [4.69, 9.17) is 0 Å². The van der Waals surface area contributed by atoms with Gasteiger partial charge in [-0.1, -0.05) is 140 Å². The van der Waals surface area contributed by atoms with Crippen LogP contribution in [-0.4, -0.2) is 0 Å². The van der Waals surface area contributed by atoms with Crippen molar-refractivity contribution < 1.29 is 0 Å². The van der Waals surface area contributed by atoms with Crippen LogP contribution < -0.4 is 0 Å². The third kappa shape index (κ3) is 8.95. The molecule has 2 aromatic rings. The van der Waals surface area contributed by atoms with Gasteiger partial charge in [0.15, 0.2) is 0 Å². The first kappa shape index (κ1) is 26.1. The Balaban J connectivity index is 1.42. The van der Waals surface area contributed by atoms with E-state index in [0.717, 1.165) is 6.42 Å². The van der Waals surface area contributed by atoms with Gasteiger partial charge < -0.3 is 0 Å². The highest BCUT2D eigenvalue weighted by Crippen LogP contribution is 2.38. The highest BCUT2D eigenvalue weighted by Gasteiger charge is 2.19. The maximum atomic E-state index is 2.52. The number of rotatable bonds is 18. The minimum absolute atomic E-state index is 1.13. The smallest absolute Gasteiger partial charge is 0.00134 e. The van der Waals surface area contributed by atoms with Crippen molar-refractivity contribution in [1.29, 1.82) is 0 Å². The Labute approximate surface area is 205 Å². The fourth-order valence-corrected chi connectivity index (χ4v) is 5.50. The topological polar surface area (TPSA) is 0 Å². The molecule has 0 unspecified atom stereocenters. The molecule has 182 valence electrons. The van der Waals surface area contributed by atoms with Crippen molar-refractivity contribution in [1.82, 2.24) is 0 Å². The van der Waals surface area contributed by atoms with Gasteiger partial charge >= 0.3 is 0 Å². The molecule has 1 aliphatic rings. The second-order valence-corrected chi connectivity index (χ2v) is 10.6. The van der Waals surface area contributed by atoms with Gasteiger partial charge in [-0.3, -0.25) is 0 Å². The minimum atomic E-state index is 1.13. The van der Waals surface area contributed by atoms with Crippen molar-refractivity contribution in [2.24, 2.45) is 0 Å². The van der Waals surface area contributed by atoms with Gasteiger partial charge in [-0.25, -0.2) is 0 Å². The van der Waals surface area contributed by atoms with Crippen molar-refractivity contribution in [2.45, 2.75) is 136 Å². The molecule has 0 N–H and O–H groups in total. The first-order valence-corrected chi connectivity index (χ1v) is 14.6. The Morgan fingerprint density at radius 1 is 0.455 bits per heavy atom. The lowest BCUT2D eigenvalue weighted by Crippen LogP contribution is -1.90. The molecule has 0 atom stereocenters. The van der Waals surface area contributed by atoms with Gasteiger partial charge in [-0.2, -0.15) is 0 Å². The van der Waals surface area contributed by atoms with Crippen LogP contribution >= 0.6 is 0 Å². The quantitative estimate of drug-likeness (QED) is 0.170. The SMILES string of the molecule is CCCCCCCCCCc1ccc2c(c1)-c1cc(CCCCCCCCCC)ccc1C2. The van der Waals surface area contributed by atoms with Crippen molar-refractivity contribution in [3.63, 3.8) is 0 Å². The lowest BCUT2D eigenvalue weighted by Gasteiger charge is -2.08. The zero-order valence-corrected chi connectivity index (χ0v) is 21.9. The van der Waals surface area contributed by atoms with E-state index in [1.54, 1.807) is 11.1 Å². The summed E-state index contributed by atoms with van der Waals surface area (Å²) in [5.41, 5.74) is 9.21. The highest BCUT2D eigenvalue weighted by molar-refractivity contribution is 5.77. The zero-order chi connectivity index (χ0) is 23.1. The van der Waals surface area contributed by atoms with E-state index in [2.05, 4.69) is 50.2 Å². The van der Waals surface area contributed by atoms with Crippen molar-refractivity contribution >= 4 is 0 Å². The van der Waals surface area contributed by atoms with E-state index >= 15 is 0 Å². The molecule has 0 nitrogen and oxygen atoms in total. The van der Waals surface area contributed by atoms with Crippen LogP contribution in [0.5, 0.6) is 0 Å². The molecule has 3 rings (SSSR count). The molecular weight excluding hydrogens is 396 g/mol. The van der Waals surface area contributed by atoms with Crippen LogP contribution in [0.3, 0.4) is 0 Å². The van der Waals surface area contributed by atoms with Gasteiger partial charge in [0.25, 0.3) is 0 Å². The van der Waals surface area contributed by atoms with Crippen molar-refractivity contribution in [3.8, 4) is 11.1 Å². The fourth-order valence-electron chi connectivity index (χ4n) is 5.50. The average molecular weight is 447 g/mol. The molecule has 1 aliphatic carbocycles. The molecular formula is C33H50. The van der Waals surface area contributed by atoms with Crippen LogP contribution in [0.2, 0.25) is 0 Å². The molecule has 0 heterocycles. The predicted octanol–water partition coefficient (Wildman–Crippen LogP) is 10.6. The molecule has 0 aromatic heterocycles. The Morgan fingerprint density at radius 2 is 0.818 bits per heavy atom. The van der Waals surface area contributed by atoms with Gasteiger partial charge in [-0.15, -0.1) is 0 Å². The average Bonchev–Trinajstić information content (AvgIpc) is 3.20.